The number of carbonyl (C=O) groups is 2. The molecular weight excluding hydrogens is 348 g/mol. The Morgan fingerprint density at radius 2 is 2.04 bits per heavy atom. The zero-order chi connectivity index (χ0) is 19.0. The van der Waals surface area contributed by atoms with Crippen LogP contribution in [-0.2, 0) is 17.8 Å². The molecular formula is C18H18N6O3. The molecule has 0 unspecified atom stereocenters. The predicted octanol–water partition coefficient (Wildman–Crippen LogP) is 1.60. The van der Waals surface area contributed by atoms with Crippen molar-refractivity contribution in [3.63, 3.8) is 0 Å². The number of hydrogen-bond donors (Lipinski definition) is 4. The number of H-pyrrole nitrogens is 1. The largest absolute Gasteiger partial charge is 0.358 e. The molecule has 4 N–H and O–H groups in total. The molecule has 0 fully saturated rings. The van der Waals surface area contributed by atoms with Gasteiger partial charge in [0.25, 0.3) is 5.91 Å². The van der Waals surface area contributed by atoms with Gasteiger partial charge in [-0.15, -0.1) is 0 Å². The van der Waals surface area contributed by atoms with Crippen LogP contribution in [0.15, 0.2) is 30.6 Å². The molecule has 2 aromatic heterocycles. The first-order valence-corrected chi connectivity index (χ1v) is 8.47. The highest BCUT2D eigenvalue weighted by molar-refractivity contribution is 5.94. The second-order valence-corrected chi connectivity index (χ2v) is 6.41. The molecule has 3 aromatic rings. The first-order valence-electron chi connectivity index (χ1n) is 8.47. The summed E-state index contributed by atoms with van der Waals surface area (Å²) >= 11 is 0. The van der Waals surface area contributed by atoms with Crippen LogP contribution in [-0.4, -0.2) is 38.5 Å². The van der Waals surface area contributed by atoms with Crippen LogP contribution >= 0.6 is 0 Å². The number of hydroxylamine groups is 1. The van der Waals surface area contributed by atoms with Crippen LogP contribution in [0.3, 0.4) is 0 Å². The van der Waals surface area contributed by atoms with Crippen molar-refractivity contribution in [2.75, 3.05) is 16.8 Å². The van der Waals surface area contributed by atoms with Gasteiger partial charge in [0, 0.05) is 66.7 Å². The second-order valence-electron chi connectivity index (χ2n) is 6.41. The van der Waals surface area contributed by atoms with Crippen molar-refractivity contribution in [3.8, 4) is 0 Å². The van der Waals surface area contributed by atoms with E-state index in [-0.39, 0.29) is 11.5 Å². The molecule has 4 rings (SSSR count). The highest BCUT2D eigenvalue weighted by atomic mass is 16.5. The quantitative estimate of drug-likeness (QED) is 0.412. The third kappa shape index (κ3) is 3.20. The molecule has 0 bridgehead atoms. The van der Waals surface area contributed by atoms with Crippen LogP contribution in [0.4, 0.5) is 11.6 Å². The molecule has 3 heterocycles. The standard InChI is InChI=1S/C18H18N6O3/c1-10(25)21-12-2-3-15-13(6-12)14-9-24(5-4-16(14)22-15)18-19-7-11(8-20-18)17(26)23-27/h2-3,6-8,22,27H,4-5,9H2,1H3,(H,21,25)(H,23,26). The van der Waals surface area contributed by atoms with Crippen molar-refractivity contribution in [3.05, 3.63) is 47.4 Å². The lowest BCUT2D eigenvalue weighted by atomic mass is 10.0. The van der Waals surface area contributed by atoms with Crippen molar-refractivity contribution < 1.29 is 14.8 Å². The van der Waals surface area contributed by atoms with E-state index in [1.165, 1.54) is 19.3 Å². The minimum atomic E-state index is -0.649. The number of anilines is 2. The highest BCUT2D eigenvalue weighted by Gasteiger charge is 2.23. The van der Waals surface area contributed by atoms with Crippen molar-refractivity contribution in [2.45, 2.75) is 19.9 Å². The van der Waals surface area contributed by atoms with Gasteiger partial charge >= 0.3 is 0 Å². The zero-order valence-corrected chi connectivity index (χ0v) is 14.6. The number of fused-ring (bicyclic) bond motifs is 3. The number of aromatic nitrogens is 3. The molecule has 0 saturated heterocycles. The molecule has 27 heavy (non-hydrogen) atoms. The Balaban J connectivity index is 1.63. The maximum Gasteiger partial charge on any atom is 0.277 e. The predicted molar refractivity (Wildman–Crippen MR) is 98.6 cm³/mol. The number of nitrogens with one attached hydrogen (secondary N) is 3. The molecule has 138 valence electrons. The van der Waals surface area contributed by atoms with Crippen molar-refractivity contribution in [1.29, 1.82) is 0 Å². The van der Waals surface area contributed by atoms with Crippen LogP contribution in [0.1, 0.15) is 28.5 Å². The Bertz CT molecular complexity index is 1030. The molecule has 0 spiro atoms. The van der Waals surface area contributed by atoms with Gasteiger partial charge < -0.3 is 15.2 Å². The van der Waals surface area contributed by atoms with Crippen LogP contribution in [0.5, 0.6) is 0 Å². The summed E-state index contributed by atoms with van der Waals surface area (Å²) < 4.78 is 0. The van der Waals surface area contributed by atoms with Crippen LogP contribution in [0, 0.1) is 0 Å². The van der Waals surface area contributed by atoms with Crippen LogP contribution in [0.2, 0.25) is 0 Å². The molecule has 1 aliphatic rings. The fourth-order valence-corrected chi connectivity index (χ4v) is 3.33. The minimum Gasteiger partial charge on any atom is -0.358 e. The Kier molecular flexibility index (Phi) is 4.21. The Morgan fingerprint density at radius 1 is 1.26 bits per heavy atom. The molecule has 0 aliphatic carbocycles. The summed E-state index contributed by atoms with van der Waals surface area (Å²) in [4.78, 5) is 36.7. The third-order valence-corrected chi connectivity index (χ3v) is 4.58. The van der Waals surface area contributed by atoms with Crippen molar-refractivity contribution in [1.82, 2.24) is 20.4 Å². The summed E-state index contributed by atoms with van der Waals surface area (Å²) in [5.41, 5.74) is 5.83. The molecule has 0 atom stereocenters. The maximum atomic E-state index is 11.4. The first-order chi connectivity index (χ1) is 13.0. The van der Waals surface area contributed by atoms with Crippen molar-refractivity contribution in [2.24, 2.45) is 0 Å². The maximum absolute atomic E-state index is 11.4. The summed E-state index contributed by atoms with van der Waals surface area (Å²) in [5.74, 6) is -0.243. The lowest BCUT2D eigenvalue weighted by molar-refractivity contribution is -0.114. The third-order valence-electron chi connectivity index (χ3n) is 4.58. The molecule has 1 aliphatic heterocycles. The van der Waals surface area contributed by atoms with E-state index < -0.39 is 5.91 Å². The number of hydrogen-bond acceptors (Lipinski definition) is 6. The fourth-order valence-electron chi connectivity index (χ4n) is 3.33. The van der Waals surface area contributed by atoms with Gasteiger partial charge in [-0.05, 0) is 18.2 Å². The lowest BCUT2D eigenvalue weighted by Crippen LogP contribution is -2.31. The Hall–Kier alpha value is -3.46. The smallest absolute Gasteiger partial charge is 0.277 e. The van der Waals surface area contributed by atoms with E-state index in [1.54, 1.807) is 5.48 Å². The SMILES string of the molecule is CC(=O)Nc1ccc2[nH]c3c(c2c1)CN(c1ncc(C(=O)NO)cn1)CC3. The highest BCUT2D eigenvalue weighted by Crippen LogP contribution is 2.30. The van der Waals surface area contributed by atoms with Crippen LogP contribution < -0.4 is 15.7 Å². The van der Waals surface area contributed by atoms with Gasteiger partial charge in [-0.2, -0.15) is 0 Å². The number of aromatic amines is 1. The van der Waals surface area contributed by atoms with Gasteiger partial charge in [0.2, 0.25) is 11.9 Å². The van der Waals surface area contributed by atoms with Crippen molar-refractivity contribution >= 4 is 34.4 Å². The van der Waals surface area contributed by atoms with Gasteiger partial charge in [0.15, 0.2) is 0 Å². The Morgan fingerprint density at radius 3 is 2.74 bits per heavy atom. The number of nitrogens with zero attached hydrogens (tertiary/aromatic N) is 3. The van der Waals surface area contributed by atoms with E-state index >= 15 is 0 Å². The summed E-state index contributed by atoms with van der Waals surface area (Å²) in [6.45, 7) is 2.84. The number of carbonyl (C=O) groups excluding carboxylic acids is 2. The first kappa shape index (κ1) is 17.0. The van der Waals surface area contributed by atoms with E-state index in [0.717, 1.165) is 40.8 Å². The number of amides is 2. The van der Waals surface area contributed by atoms with E-state index in [9.17, 15) is 9.59 Å². The van der Waals surface area contributed by atoms with Gasteiger partial charge in [-0.3, -0.25) is 14.8 Å². The fraction of sp³-hybridized carbons (Fsp3) is 0.222. The molecule has 9 nitrogen and oxygen atoms in total. The summed E-state index contributed by atoms with van der Waals surface area (Å²) in [6.07, 6.45) is 3.57. The van der Waals surface area contributed by atoms with Gasteiger partial charge in [-0.1, -0.05) is 0 Å². The normalized spacial score (nSPS) is 13.3. The average molecular weight is 366 g/mol. The van der Waals surface area contributed by atoms with Crippen LogP contribution in [0.25, 0.3) is 10.9 Å². The minimum absolute atomic E-state index is 0.110. The number of benzene rings is 1. The Labute approximate surface area is 154 Å². The van der Waals surface area contributed by atoms with E-state index in [0.29, 0.717) is 12.5 Å². The average Bonchev–Trinajstić information content (AvgIpc) is 3.04. The molecule has 9 heteroatoms. The summed E-state index contributed by atoms with van der Waals surface area (Å²) in [5, 5.41) is 12.5. The van der Waals surface area contributed by atoms with Gasteiger partial charge in [0.1, 0.15) is 0 Å². The summed E-state index contributed by atoms with van der Waals surface area (Å²) in [6, 6.07) is 5.80. The molecule has 0 saturated carbocycles. The van der Waals surface area contributed by atoms with E-state index in [1.807, 2.05) is 23.1 Å². The monoisotopic (exact) mass is 366 g/mol. The van der Waals surface area contributed by atoms with E-state index in [2.05, 4.69) is 20.3 Å². The van der Waals surface area contributed by atoms with Gasteiger partial charge in [0.05, 0.1) is 5.56 Å². The zero-order valence-electron chi connectivity index (χ0n) is 14.6. The lowest BCUT2D eigenvalue weighted by Gasteiger charge is -2.27. The topological polar surface area (TPSA) is 123 Å². The molecule has 0 radical (unpaired) electrons. The van der Waals surface area contributed by atoms with E-state index in [4.69, 9.17) is 5.21 Å². The molecule has 2 amide bonds. The number of rotatable bonds is 3. The molecule has 1 aromatic carbocycles. The van der Waals surface area contributed by atoms with Gasteiger partial charge in [-0.25, -0.2) is 15.4 Å². The second kappa shape index (κ2) is 6.69. The summed E-state index contributed by atoms with van der Waals surface area (Å²) in [7, 11) is 0.